The highest BCUT2D eigenvalue weighted by molar-refractivity contribution is 7.09. The maximum atomic E-state index is 12.3. The minimum Gasteiger partial charge on any atom is -0.497 e. The van der Waals surface area contributed by atoms with Crippen LogP contribution in [0.1, 0.15) is 15.2 Å². The van der Waals surface area contributed by atoms with Crippen molar-refractivity contribution in [2.45, 2.75) is 6.61 Å². The Bertz CT molecular complexity index is 847. The highest BCUT2D eigenvalue weighted by Gasteiger charge is 2.07. The van der Waals surface area contributed by atoms with E-state index in [1.165, 1.54) is 0 Å². The Kier molecular flexibility index (Phi) is 6.71. The number of amides is 1. The Morgan fingerprint density at radius 1 is 0.963 bits per heavy atom. The standard InChI is InChI=1S/C21H21NO4S/c1-24-17-7-9-18(10-8-17)25-12-11-22-21(23)16-4-2-5-19(14-16)26-15-20-6-3-13-27-20/h2-10,13-14H,11-12,15H2,1H3,(H,22,23). The van der Waals surface area contributed by atoms with Crippen LogP contribution >= 0.6 is 11.3 Å². The van der Waals surface area contributed by atoms with Gasteiger partial charge in [0.15, 0.2) is 0 Å². The zero-order valence-electron chi connectivity index (χ0n) is 15.0. The number of rotatable bonds is 9. The van der Waals surface area contributed by atoms with Crippen LogP contribution in [0.5, 0.6) is 17.2 Å². The van der Waals surface area contributed by atoms with Crippen molar-refractivity contribution < 1.29 is 19.0 Å². The first-order valence-corrected chi connectivity index (χ1v) is 9.43. The first-order valence-electron chi connectivity index (χ1n) is 8.55. The molecule has 1 aromatic heterocycles. The van der Waals surface area contributed by atoms with E-state index >= 15 is 0 Å². The molecule has 1 N–H and O–H groups in total. The van der Waals surface area contributed by atoms with Gasteiger partial charge in [-0.15, -0.1) is 11.3 Å². The van der Waals surface area contributed by atoms with Gasteiger partial charge in [0.05, 0.1) is 13.7 Å². The van der Waals surface area contributed by atoms with Crippen LogP contribution in [0.2, 0.25) is 0 Å². The van der Waals surface area contributed by atoms with Crippen LogP contribution < -0.4 is 19.5 Å². The van der Waals surface area contributed by atoms with E-state index < -0.39 is 0 Å². The molecule has 0 aliphatic carbocycles. The fourth-order valence-corrected chi connectivity index (χ4v) is 3.00. The molecular formula is C21H21NO4S. The second-order valence-corrected chi connectivity index (χ2v) is 6.71. The van der Waals surface area contributed by atoms with Gasteiger partial charge in [-0.1, -0.05) is 12.1 Å². The zero-order valence-corrected chi connectivity index (χ0v) is 15.8. The second-order valence-electron chi connectivity index (χ2n) is 5.68. The minimum absolute atomic E-state index is 0.157. The number of methoxy groups -OCH3 is 1. The molecule has 0 unspecified atom stereocenters. The summed E-state index contributed by atoms with van der Waals surface area (Å²) in [6.07, 6.45) is 0. The monoisotopic (exact) mass is 383 g/mol. The summed E-state index contributed by atoms with van der Waals surface area (Å²) in [4.78, 5) is 13.4. The van der Waals surface area contributed by atoms with Gasteiger partial charge in [-0.2, -0.15) is 0 Å². The largest absolute Gasteiger partial charge is 0.497 e. The number of thiophene rings is 1. The number of carbonyl (C=O) groups excluding carboxylic acids is 1. The SMILES string of the molecule is COc1ccc(OCCNC(=O)c2cccc(OCc3cccs3)c2)cc1. The molecule has 0 saturated carbocycles. The van der Waals surface area contributed by atoms with Crippen molar-refractivity contribution in [3.63, 3.8) is 0 Å². The molecule has 3 aromatic rings. The van der Waals surface area contributed by atoms with E-state index in [4.69, 9.17) is 14.2 Å². The number of benzene rings is 2. The second kappa shape index (κ2) is 9.64. The molecule has 0 atom stereocenters. The van der Waals surface area contributed by atoms with E-state index in [1.807, 2.05) is 53.9 Å². The van der Waals surface area contributed by atoms with Crippen LogP contribution in [0.25, 0.3) is 0 Å². The minimum atomic E-state index is -0.157. The smallest absolute Gasteiger partial charge is 0.251 e. The lowest BCUT2D eigenvalue weighted by molar-refractivity contribution is 0.0946. The van der Waals surface area contributed by atoms with E-state index in [0.29, 0.717) is 31.1 Å². The summed E-state index contributed by atoms with van der Waals surface area (Å²) in [6, 6.07) is 18.5. The normalized spacial score (nSPS) is 10.3. The van der Waals surface area contributed by atoms with Crippen molar-refractivity contribution in [1.82, 2.24) is 5.32 Å². The van der Waals surface area contributed by atoms with Crippen LogP contribution in [-0.2, 0) is 6.61 Å². The van der Waals surface area contributed by atoms with Gasteiger partial charge in [-0.05, 0) is 53.9 Å². The maximum absolute atomic E-state index is 12.3. The van der Waals surface area contributed by atoms with Gasteiger partial charge >= 0.3 is 0 Å². The number of carbonyl (C=O) groups is 1. The van der Waals surface area contributed by atoms with Gasteiger partial charge < -0.3 is 19.5 Å². The van der Waals surface area contributed by atoms with Crippen LogP contribution in [0, 0.1) is 0 Å². The molecular weight excluding hydrogens is 362 g/mol. The fourth-order valence-electron chi connectivity index (χ4n) is 2.38. The van der Waals surface area contributed by atoms with Gasteiger partial charge in [-0.3, -0.25) is 4.79 Å². The summed E-state index contributed by atoms with van der Waals surface area (Å²) in [7, 11) is 1.62. The third-order valence-corrected chi connectivity index (χ3v) is 4.62. The number of nitrogens with one attached hydrogen (secondary N) is 1. The van der Waals surface area contributed by atoms with Crippen molar-refractivity contribution in [1.29, 1.82) is 0 Å². The summed E-state index contributed by atoms with van der Waals surface area (Å²) in [5, 5.41) is 4.86. The number of hydrogen-bond acceptors (Lipinski definition) is 5. The molecule has 0 saturated heterocycles. The molecule has 0 bridgehead atoms. The third kappa shape index (κ3) is 5.76. The molecule has 2 aromatic carbocycles. The van der Waals surface area contributed by atoms with E-state index in [2.05, 4.69) is 5.32 Å². The Morgan fingerprint density at radius 3 is 2.52 bits per heavy atom. The van der Waals surface area contributed by atoms with Crippen LogP contribution in [-0.4, -0.2) is 26.2 Å². The Labute approximate surface area is 162 Å². The molecule has 0 aliphatic rings. The lowest BCUT2D eigenvalue weighted by Gasteiger charge is -2.09. The van der Waals surface area contributed by atoms with E-state index in [-0.39, 0.29) is 5.91 Å². The lowest BCUT2D eigenvalue weighted by atomic mass is 10.2. The van der Waals surface area contributed by atoms with Gasteiger partial charge in [0.1, 0.15) is 30.5 Å². The lowest BCUT2D eigenvalue weighted by Crippen LogP contribution is -2.28. The third-order valence-electron chi connectivity index (χ3n) is 3.77. The molecule has 5 nitrogen and oxygen atoms in total. The molecule has 3 rings (SSSR count). The summed E-state index contributed by atoms with van der Waals surface area (Å²) >= 11 is 1.64. The molecule has 0 radical (unpaired) electrons. The van der Waals surface area contributed by atoms with Gasteiger partial charge in [0.2, 0.25) is 0 Å². The average molecular weight is 383 g/mol. The molecule has 27 heavy (non-hydrogen) atoms. The van der Waals surface area contributed by atoms with Crippen molar-refractivity contribution in [3.05, 3.63) is 76.5 Å². The molecule has 0 spiro atoms. The summed E-state index contributed by atoms with van der Waals surface area (Å²) < 4.78 is 16.4. The topological polar surface area (TPSA) is 56.8 Å². The predicted molar refractivity (Wildman–Crippen MR) is 106 cm³/mol. The summed E-state index contributed by atoms with van der Waals surface area (Å²) in [5.41, 5.74) is 0.558. The molecule has 6 heteroatoms. The van der Waals surface area contributed by atoms with Crippen molar-refractivity contribution in [3.8, 4) is 17.2 Å². The Morgan fingerprint density at radius 2 is 1.78 bits per heavy atom. The zero-order chi connectivity index (χ0) is 18.9. The molecule has 0 aliphatic heterocycles. The van der Waals surface area contributed by atoms with Crippen molar-refractivity contribution in [2.75, 3.05) is 20.3 Å². The van der Waals surface area contributed by atoms with Crippen molar-refractivity contribution >= 4 is 17.2 Å². The Balaban J connectivity index is 1.43. The number of hydrogen-bond donors (Lipinski definition) is 1. The number of ether oxygens (including phenoxy) is 3. The highest BCUT2D eigenvalue weighted by Crippen LogP contribution is 2.18. The highest BCUT2D eigenvalue weighted by atomic mass is 32.1. The van der Waals surface area contributed by atoms with E-state index in [0.717, 1.165) is 16.4 Å². The predicted octanol–water partition coefficient (Wildman–Crippen LogP) is 4.14. The van der Waals surface area contributed by atoms with E-state index in [1.54, 1.807) is 30.6 Å². The fraction of sp³-hybridized carbons (Fsp3) is 0.190. The first-order chi connectivity index (χ1) is 13.2. The van der Waals surface area contributed by atoms with Crippen LogP contribution in [0.4, 0.5) is 0 Å². The molecule has 0 fully saturated rings. The molecule has 1 heterocycles. The van der Waals surface area contributed by atoms with E-state index in [9.17, 15) is 4.79 Å². The Hall–Kier alpha value is -2.99. The van der Waals surface area contributed by atoms with Crippen LogP contribution in [0.15, 0.2) is 66.0 Å². The first kappa shape index (κ1) is 18.8. The molecule has 140 valence electrons. The molecule has 1 amide bonds. The summed E-state index contributed by atoms with van der Waals surface area (Å²) in [5.74, 6) is 2.02. The maximum Gasteiger partial charge on any atom is 0.251 e. The quantitative estimate of drug-likeness (QED) is 0.564. The van der Waals surface area contributed by atoms with Crippen LogP contribution in [0.3, 0.4) is 0 Å². The van der Waals surface area contributed by atoms with Gasteiger partial charge in [0, 0.05) is 10.4 Å². The summed E-state index contributed by atoms with van der Waals surface area (Å²) in [6.45, 7) is 1.29. The average Bonchev–Trinajstić information content (AvgIpc) is 3.24. The van der Waals surface area contributed by atoms with Gasteiger partial charge in [0.25, 0.3) is 5.91 Å². The van der Waals surface area contributed by atoms with Crippen molar-refractivity contribution in [2.24, 2.45) is 0 Å². The van der Waals surface area contributed by atoms with Gasteiger partial charge in [-0.25, -0.2) is 0 Å².